The molecule has 0 radical (unpaired) electrons. The summed E-state index contributed by atoms with van der Waals surface area (Å²) in [6.07, 6.45) is 1.61. The molecular formula is C12H11BrN2O2. The summed E-state index contributed by atoms with van der Waals surface area (Å²) in [5, 5.41) is 13.0. The van der Waals surface area contributed by atoms with Crippen molar-refractivity contribution < 1.29 is 9.90 Å². The number of aromatic nitrogens is 2. The summed E-state index contributed by atoms with van der Waals surface area (Å²) in [5.74, 6) is -0.844. The van der Waals surface area contributed by atoms with Gasteiger partial charge in [0.1, 0.15) is 0 Å². The standard InChI is InChI=1S/C12H11BrN2O2/c1-8-9(6-12(16)17)7-14-15(8)11-4-2-10(13)3-5-11/h2-5,7H,6H2,1H3,(H,16,17). The van der Waals surface area contributed by atoms with E-state index in [4.69, 9.17) is 5.11 Å². The first-order valence-corrected chi connectivity index (χ1v) is 5.88. The van der Waals surface area contributed by atoms with Gasteiger partial charge in [-0.3, -0.25) is 4.79 Å². The molecule has 88 valence electrons. The SMILES string of the molecule is Cc1c(CC(=O)O)cnn1-c1ccc(Br)cc1. The van der Waals surface area contributed by atoms with Gasteiger partial charge in [0.05, 0.1) is 18.3 Å². The Hall–Kier alpha value is -1.62. The van der Waals surface area contributed by atoms with Crippen LogP contribution in [0.25, 0.3) is 5.69 Å². The first-order valence-electron chi connectivity index (χ1n) is 5.09. The summed E-state index contributed by atoms with van der Waals surface area (Å²) < 4.78 is 2.74. The van der Waals surface area contributed by atoms with Crippen LogP contribution >= 0.6 is 15.9 Å². The topological polar surface area (TPSA) is 55.1 Å². The summed E-state index contributed by atoms with van der Waals surface area (Å²) in [6, 6.07) is 7.70. The molecule has 0 aliphatic heterocycles. The summed E-state index contributed by atoms with van der Waals surface area (Å²) in [5.41, 5.74) is 2.51. The van der Waals surface area contributed by atoms with Gasteiger partial charge in [0, 0.05) is 15.7 Å². The fourth-order valence-corrected chi connectivity index (χ4v) is 1.89. The predicted molar refractivity (Wildman–Crippen MR) is 67.3 cm³/mol. The van der Waals surface area contributed by atoms with Gasteiger partial charge in [0.15, 0.2) is 0 Å². The molecule has 2 rings (SSSR count). The number of nitrogens with zero attached hydrogens (tertiary/aromatic N) is 2. The minimum Gasteiger partial charge on any atom is -0.481 e. The van der Waals surface area contributed by atoms with E-state index in [1.54, 1.807) is 10.9 Å². The number of aliphatic carboxylic acids is 1. The number of hydrogen-bond donors (Lipinski definition) is 1. The van der Waals surface area contributed by atoms with Crippen LogP contribution in [0.15, 0.2) is 34.9 Å². The van der Waals surface area contributed by atoms with Gasteiger partial charge in [0.2, 0.25) is 0 Å². The van der Waals surface area contributed by atoms with E-state index in [2.05, 4.69) is 21.0 Å². The Morgan fingerprint density at radius 1 is 1.41 bits per heavy atom. The third kappa shape index (κ3) is 2.55. The van der Waals surface area contributed by atoms with Crippen molar-refractivity contribution in [2.75, 3.05) is 0 Å². The van der Waals surface area contributed by atoms with Crippen LogP contribution in [-0.2, 0) is 11.2 Å². The van der Waals surface area contributed by atoms with Gasteiger partial charge in [-0.2, -0.15) is 5.10 Å². The second-order valence-corrected chi connectivity index (χ2v) is 4.63. The Labute approximate surface area is 107 Å². The number of benzene rings is 1. The van der Waals surface area contributed by atoms with Gasteiger partial charge in [-0.05, 0) is 31.2 Å². The highest BCUT2D eigenvalue weighted by atomic mass is 79.9. The lowest BCUT2D eigenvalue weighted by Gasteiger charge is -2.05. The molecule has 1 heterocycles. The molecule has 0 amide bonds. The lowest BCUT2D eigenvalue weighted by Crippen LogP contribution is -2.03. The summed E-state index contributed by atoms with van der Waals surface area (Å²) >= 11 is 3.37. The van der Waals surface area contributed by atoms with Gasteiger partial charge in [-0.1, -0.05) is 15.9 Å². The van der Waals surface area contributed by atoms with Crippen LogP contribution in [0, 0.1) is 6.92 Å². The van der Waals surface area contributed by atoms with E-state index in [0.29, 0.717) is 0 Å². The van der Waals surface area contributed by atoms with Crippen molar-refractivity contribution in [2.45, 2.75) is 13.3 Å². The zero-order valence-corrected chi connectivity index (χ0v) is 10.8. The molecular weight excluding hydrogens is 284 g/mol. The van der Waals surface area contributed by atoms with Crippen LogP contribution in [0.2, 0.25) is 0 Å². The van der Waals surface area contributed by atoms with E-state index in [-0.39, 0.29) is 6.42 Å². The molecule has 4 nitrogen and oxygen atoms in total. The quantitative estimate of drug-likeness (QED) is 0.947. The lowest BCUT2D eigenvalue weighted by atomic mass is 10.2. The molecule has 0 fully saturated rings. The van der Waals surface area contributed by atoms with Crippen molar-refractivity contribution in [2.24, 2.45) is 0 Å². The molecule has 5 heteroatoms. The molecule has 0 unspecified atom stereocenters. The first-order chi connectivity index (χ1) is 8.08. The van der Waals surface area contributed by atoms with Gasteiger partial charge in [-0.15, -0.1) is 0 Å². The molecule has 0 saturated carbocycles. The average molecular weight is 295 g/mol. The van der Waals surface area contributed by atoms with Crippen molar-refractivity contribution in [1.29, 1.82) is 0 Å². The number of rotatable bonds is 3. The third-order valence-electron chi connectivity index (χ3n) is 2.52. The summed E-state index contributed by atoms with van der Waals surface area (Å²) in [4.78, 5) is 10.7. The highest BCUT2D eigenvalue weighted by molar-refractivity contribution is 9.10. The van der Waals surface area contributed by atoms with Crippen LogP contribution in [0.4, 0.5) is 0 Å². The fraction of sp³-hybridized carbons (Fsp3) is 0.167. The van der Waals surface area contributed by atoms with Crippen LogP contribution in [-0.4, -0.2) is 20.9 Å². The molecule has 1 aromatic heterocycles. The zero-order valence-electron chi connectivity index (χ0n) is 9.22. The molecule has 17 heavy (non-hydrogen) atoms. The maximum Gasteiger partial charge on any atom is 0.307 e. The molecule has 0 atom stereocenters. The number of carboxylic acid groups (broad SMARTS) is 1. The molecule has 1 aromatic carbocycles. The second-order valence-electron chi connectivity index (χ2n) is 3.71. The highest BCUT2D eigenvalue weighted by Gasteiger charge is 2.10. The maximum absolute atomic E-state index is 10.7. The number of halogens is 1. The van der Waals surface area contributed by atoms with Crippen LogP contribution in [0.5, 0.6) is 0 Å². The number of carboxylic acids is 1. The van der Waals surface area contributed by atoms with Gasteiger partial charge in [-0.25, -0.2) is 4.68 Å². The Balaban J connectivity index is 2.37. The zero-order chi connectivity index (χ0) is 12.4. The van der Waals surface area contributed by atoms with Gasteiger partial charge >= 0.3 is 5.97 Å². The first kappa shape index (κ1) is 11.9. The van der Waals surface area contributed by atoms with E-state index >= 15 is 0 Å². The minimum atomic E-state index is -0.844. The van der Waals surface area contributed by atoms with E-state index in [0.717, 1.165) is 21.4 Å². The Morgan fingerprint density at radius 3 is 2.65 bits per heavy atom. The lowest BCUT2D eigenvalue weighted by molar-refractivity contribution is -0.136. The predicted octanol–water partition coefficient (Wildman–Crippen LogP) is 2.57. The molecule has 2 aromatic rings. The van der Waals surface area contributed by atoms with Crippen molar-refractivity contribution in [3.05, 3.63) is 46.2 Å². The van der Waals surface area contributed by atoms with Gasteiger partial charge in [0.25, 0.3) is 0 Å². The van der Waals surface area contributed by atoms with E-state index in [9.17, 15) is 4.79 Å². The molecule has 0 aliphatic rings. The average Bonchev–Trinajstić information content (AvgIpc) is 2.61. The molecule has 0 bridgehead atoms. The van der Waals surface area contributed by atoms with E-state index in [1.165, 1.54) is 0 Å². The second kappa shape index (κ2) is 4.71. The number of carbonyl (C=O) groups is 1. The smallest absolute Gasteiger partial charge is 0.307 e. The Kier molecular flexibility index (Phi) is 3.28. The molecule has 0 saturated heterocycles. The van der Waals surface area contributed by atoms with Gasteiger partial charge < -0.3 is 5.11 Å². The van der Waals surface area contributed by atoms with Crippen molar-refractivity contribution in [3.8, 4) is 5.69 Å². The molecule has 0 aliphatic carbocycles. The van der Waals surface area contributed by atoms with E-state index < -0.39 is 5.97 Å². The van der Waals surface area contributed by atoms with Crippen LogP contribution in [0.1, 0.15) is 11.3 Å². The number of hydrogen-bond acceptors (Lipinski definition) is 2. The maximum atomic E-state index is 10.7. The Bertz CT molecular complexity index is 546. The highest BCUT2D eigenvalue weighted by Crippen LogP contribution is 2.17. The van der Waals surface area contributed by atoms with Crippen molar-refractivity contribution >= 4 is 21.9 Å². The molecule has 0 spiro atoms. The minimum absolute atomic E-state index is 0.00234. The fourth-order valence-electron chi connectivity index (χ4n) is 1.62. The van der Waals surface area contributed by atoms with Crippen molar-refractivity contribution in [3.63, 3.8) is 0 Å². The third-order valence-corrected chi connectivity index (χ3v) is 3.05. The Morgan fingerprint density at radius 2 is 2.06 bits per heavy atom. The summed E-state index contributed by atoms with van der Waals surface area (Å²) in [6.45, 7) is 1.87. The van der Waals surface area contributed by atoms with Crippen molar-refractivity contribution in [1.82, 2.24) is 9.78 Å². The van der Waals surface area contributed by atoms with E-state index in [1.807, 2.05) is 31.2 Å². The van der Waals surface area contributed by atoms with Crippen LogP contribution in [0.3, 0.4) is 0 Å². The molecule has 1 N–H and O–H groups in total. The normalized spacial score (nSPS) is 10.5. The summed E-state index contributed by atoms with van der Waals surface area (Å²) in [7, 11) is 0. The monoisotopic (exact) mass is 294 g/mol. The largest absolute Gasteiger partial charge is 0.481 e. The van der Waals surface area contributed by atoms with Crippen LogP contribution < -0.4 is 0 Å².